The SMILES string of the molecule is C/C=C(/C)C(=O)O[C@@H]1[C@H](C(C)(C)O)CC[C@]2(COC(=O)/C(C)=C/C)O[C@@H]2CC[C@@]2(C)O[C@@H]12. The molecule has 6 atom stereocenters. The second-order valence-corrected chi connectivity index (χ2v) is 10.2. The summed E-state index contributed by atoms with van der Waals surface area (Å²) in [6.45, 7) is 12.7. The minimum absolute atomic E-state index is 0.0188. The Morgan fingerprint density at radius 2 is 1.69 bits per heavy atom. The maximum atomic E-state index is 12.6. The van der Waals surface area contributed by atoms with Gasteiger partial charge in [-0.25, -0.2) is 9.59 Å². The van der Waals surface area contributed by atoms with E-state index in [2.05, 4.69) is 0 Å². The van der Waals surface area contributed by atoms with Gasteiger partial charge < -0.3 is 24.1 Å². The summed E-state index contributed by atoms with van der Waals surface area (Å²) in [5, 5.41) is 11.0. The quantitative estimate of drug-likeness (QED) is 0.375. The van der Waals surface area contributed by atoms with Gasteiger partial charge in [0.15, 0.2) is 0 Å². The minimum Gasteiger partial charge on any atom is -0.459 e. The number of hydrogen-bond donors (Lipinski definition) is 1. The largest absolute Gasteiger partial charge is 0.459 e. The van der Waals surface area contributed by atoms with Gasteiger partial charge in [0.25, 0.3) is 0 Å². The predicted octanol–water partition coefficient (Wildman–Crippen LogP) is 3.63. The van der Waals surface area contributed by atoms with Crippen molar-refractivity contribution in [3.8, 4) is 0 Å². The van der Waals surface area contributed by atoms with E-state index < -0.39 is 28.9 Å². The van der Waals surface area contributed by atoms with Gasteiger partial charge in [0.1, 0.15) is 24.4 Å². The van der Waals surface area contributed by atoms with Crippen molar-refractivity contribution in [1.29, 1.82) is 0 Å². The number of carbonyl (C=O) groups is 2. The lowest BCUT2D eigenvalue weighted by molar-refractivity contribution is -0.155. The van der Waals surface area contributed by atoms with Crippen molar-refractivity contribution in [1.82, 2.24) is 0 Å². The average Bonchev–Trinajstić information content (AvgIpc) is 3.62. The molecule has 3 aliphatic rings. The van der Waals surface area contributed by atoms with Gasteiger partial charge in [-0.05, 0) is 74.1 Å². The Bertz CT molecular complexity index is 808. The zero-order valence-corrected chi connectivity index (χ0v) is 20.4. The first-order valence-electron chi connectivity index (χ1n) is 11.6. The molecule has 3 fully saturated rings. The van der Waals surface area contributed by atoms with Gasteiger partial charge in [-0.3, -0.25) is 0 Å². The molecule has 0 aromatic rings. The number of allylic oxidation sites excluding steroid dienone is 2. The second-order valence-electron chi connectivity index (χ2n) is 10.2. The highest BCUT2D eigenvalue weighted by Gasteiger charge is 2.65. The first-order valence-corrected chi connectivity index (χ1v) is 11.6. The summed E-state index contributed by atoms with van der Waals surface area (Å²) >= 11 is 0. The van der Waals surface area contributed by atoms with Crippen molar-refractivity contribution >= 4 is 11.9 Å². The molecule has 0 aromatic carbocycles. The maximum absolute atomic E-state index is 12.6. The first kappa shape index (κ1) is 24.9. The molecule has 180 valence electrons. The molecule has 2 heterocycles. The highest BCUT2D eigenvalue weighted by Crippen LogP contribution is 2.53. The molecule has 2 aliphatic heterocycles. The Labute approximate surface area is 191 Å². The Kier molecular flexibility index (Phi) is 6.95. The maximum Gasteiger partial charge on any atom is 0.333 e. The summed E-state index contributed by atoms with van der Waals surface area (Å²) in [5.74, 6) is -1.11. The van der Waals surface area contributed by atoms with E-state index in [0.717, 1.165) is 12.8 Å². The molecule has 1 saturated carbocycles. The van der Waals surface area contributed by atoms with Gasteiger partial charge in [-0.2, -0.15) is 0 Å². The highest BCUT2D eigenvalue weighted by molar-refractivity contribution is 5.88. The first-order chi connectivity index (χ1) is 14.9. The fourth-order valence-corrected chi connectivity index (χ4v) is 4.71. The van der Waals surface area contributed by atoms with Gasteiger partial charge in [0.2, 0.25) is 0 Å². The van der Waals surface area contributed by atoms with Gasteiger partial charge in [0.05, 0.1) is 17.3 Å². The van der Waals surface area contributed by atoms with Crippen molar-refractivity contribution in [2.24, 2.45) is 5.92 Å². The van der Waals surface area contributed by atoms with Crippen molar-refractivity contribution in [2.75, 3.05) is 6.61 Å². The van der Waals surface area contributed by atoms with Gasteiger partial charge in [-0.15, -0.1) is 0 Å². The molecule has 0 aromatic heterocycles. The number of aliphatic hydroxyl groups is 1. The summed E-state index contributed by atoms with van der Waals surface area (Å²) < 4.78 is 23.7. The third-order valence-corrected chi connectivity index (χ3v) is 7.43. The lowest BCUT2D eigenvalue weighted by Crippen LogP contribution is -2.47. The molecule has 0 amide bonds. The smallest absolute Gasteiger partial charge is 0.333 e. The van der Waals surface area contributed by atoms with Crippen LogP contribution in [0.15, 0.2) is 23.3 Å². The van der Waals surface area contributed by atoms with Crippen LogP contribution in [0.5, 0.6) is 0 Å². The molecular formula is C25H38O7. The van der Waals surface area contributed by atoms with Crippen LogP contribution in [-0.2, 0) is 28.5 Å². The molecule has 1 N–H and O–H groups in total. The van der Waals surface area contributed by atoms with Crippen LogP contribution in [0, 0.1) is 5.92 Å². The normalized spacial score (nSPS) is 37.6. The third kappa shape index (κ3) is 5.10. The van der Waals surface area contributed by atoms with E-state index in [1.807, 2.05) is 6.92 Å². The molecule has 7 heteroatoms. The minimum atomic E-state index is -1.11. The summed E-state index contributed by atoms with van der Waals surface area (Å²) in [7, 11) is 0. The van der Waals surface area contributed by atoms with E-state index in [1.165, 1.54) is 0 Å². The molecule has 0 unspecified atom stereocenters. The lowest BCUT2D eigenvalue weighted by atomic mass is 9.76. The third-order valence-electron chi connectivity index (χ3n) is 7.43. The fraction of sp³-hybridized carbons (Fsp3) is 0.760. The van der Waals surface area contributed by atoms with Crippen molar-refractivity contribution in [2.45, 2.75) is 109 Å². The number of esters is 2. The zero-order chi connectivity index (χ0) is 23.9. The Morgan fingerprint density at radius 1 is 1.06 bits per heavy atom. The van der Waals surface area contributed by atoms with Gasteiger partial charge in [0, 0.05) is 17.1 Å². The molecule has 0 bridgehead atoms. The van der Waals surface area contributed by atoms with Crippen LogP contribution < -0.4 is 0 Å². The standard InChI is InChI=1S/C25H38O7/c1-8-15(3)21(26)29-14-25-13-10-17(23(5,6)28)19(30-22(27)16(4)9-2)20-24(7,32-20)12-11-18(25)31-25/h8-9,17-20,28H,10-14H2,1-7H3/b15-8+,16-9-/t17-,18-,19-,20+,24-,25-/m1/s1. The number of rotatable bonds is 6. The van der Waals surface area contributed by atoms with Crippen LogP contribution in [0.3, 0.4) is 0 Å². The van der Waals surface area contributed by atoms with E-state index in [4.69, 9.17) is 18.9 Å². The zero-order valence-electron chi connectivity index (χ0n) is 20.4. The van der Waals surface area contributed by atoms with E-state index in [1.54, 1.807) is 53.7 Å². The Morgan fingerprint density at radius 3 is 2.28 bits per heavy atom. The summed E-state index contributed by atoms with van der Waals surface area (Å²) in [4.78, 5) is 24.8. The molecule has 0 radical (unpaired) electrons. The monoisotopic (exact) mass is 450 g/mol. The predicted molar refractivity (Wildman–Crippen MR) is 119 cm³/mol. The fourth-order valence-electron chi connectivity index (χ4n) is 4.71. The molecule has 3 rings (SSSR count). The van der Waals surface area contributed by atoms with E-state index in [9.17, 15) is 14.7 Å². The van der Waals surface area contributed by atoms with E-state index in [0.29, 0.717) is 24.0 Å². The Balaban J connectivity index is 1.82. The van der Waals surface area contributed by atoms with Crippen LogP contribution in [0.1, 0.15) is 74.1 Å². The molecular weight excluding hydrogens is 412 g/mol. The van der Waals surface area contributed by atoms with Gasteiger partial charge >= 0.3 is 11.9 Å². The number of fused-ring (bicyclic) bond motifs is 2. The number of hydrogen-bond acceptors (Lipinski definition) is 7. The summed E-state index contributed by atoms with van der Waals surface area (Å²) in [6, 6.07) is 0. The van der Waals surface area contributed by atoms with Crippen LogP contribution in [0.2, 0.25) is 0 Å². The summed E-state index contributed by atoms with van der Waals surface area (Å²) in [5.41, 5.74) is -1.04. The summed E-state index contributed by atoms with van der Waals surface area (Å²) in [6.07, 6.45) is 5.21. The topological polar surface area (TPSA) is 97.9 Å². The van der Waals surface area contributed by atoms with Gasteiger partial charge in [-0.1, -0.05) is 12.2 Å². The van der Waals surface area contributed by atoms with Crippen molar-refractivity contribution in [3.05, 3.63) is 23.3 Å². The molecule has 32 heavy (non-hydrogen) atoms. The van der Waals surface area contributed by atoms with E-state index in [-0.39, 0.29) is 30.7 Å². The highest BCUT2D eigenvalue weighted by atomic mass is 16.7. The van der Waals surface area contributed by atoms with Crippen molar-refractivity contribution in [3.63, 3.8) is 0 Å². The lowest BCUT2D eigenvalue weighted by Gasteiger charge is -2.36. The Hall–Kier alpha value is -1.70. The molecule has 1 aliphatic carbocycles. The number of epoxide rings is 2. The van der Waals surface area contributed by atoms with Crippen LogP contribution in [0.4, 0.5) is 0 Å². The van der Waals surface area contributed by atoms with Crippen molar-refractivity contribution < 1.29 is 33.6 Å². The van der Waals surface area contributed by atoms with E-state index >= 15 is 0 Å². The molecule has 7 nitrogen and oxygen atoms in total. The number of carbonyl (C=O) groups excluding carboxylic acids is 2. The molecule has 0 spiro atoms. The second kappa shape index (κ2) is 8.92. The van der Waals surface area contributed by atoms with Crippen LogP contribution >= 0.6 is 0 Å². The van der Waals surface area contributed by atoms with Crippen LogP contribution in [0.25, 0.3) is 0 Å². The number of ether oxygens (including phenoxy) is 4. The average molecular weight is 451 g/mol. The molecule has 2 saturated heterocycles. The van der Waals surface area contributed by atoms with Crippen LogP contribution in [-0.4, -0.2) is 58.8 Å².